The van der Waals surface area contributed by atoms with Crippen molar-refractivity contribution < 1.29 is 8.42 Å². The number of hydrogen-bond donors (Lipinski definition) is 1. The molecule has 0 saturated carbocycles. The lowest BCUT2D eigenvalue weighted by molar-refractivity contribution is 0.507. The third kappa shape index (κ3) is 3.23. The molecule has 0 amide bonds. The molecule has 128 valence electrons. The van der Waals surface area contributed by atoms with E-state index in [9.17, 15) is 8.42 Å². The van der Waals surface area contributed by atoms with Crippen LogP contribution in [-0.2, 0) is 16.4 Å². The van der Waals surface area contributed by atoms with Crippen molar-refractivity contribution >= 4 is 10.0 Å². The van der Waals surface area contributed by atoms with Crippen LogP contribution in [0.2, 0.25) is 0 Å². The van der Waals surface area contributed by atoms with Gasteiger partial charge in [-0.3, -0.25) is 0 Å². The van der Waals surface area contributed by atoms with Crippen LogP contribution in [-0.4, -0.2) is 18.2 Å². The molecule has 6 heteroatoms. The van der Waals surface area contributed by atoms with Gasteiger partial charge in [0.05, 0.1) is 10.6 Å². The minimum absolute atomic E-state index is 0.166. The minimum atomic E-state index is -3.57. The molecule has 0 fully saturated rings. The van der Waals surface area contributed by atoms with Crippen LogP contribution < -0.4 is 4.72 Å². The number of benzene rings is 2. The Balaban J connectivity index is 1.58. The molecule has 25 heavy (non-hydrogen) atoms. The molecule has 0 unspecified atom stereocenters. The van der Waals surface area contributed by atoms with E-state index in [4.69, 9.17) is 0 Å². The monoisotopic (exact) mass is 353 g/mol. The number of aromatic nitrogens is 2. The highest BCUT2D eigenvalue weighted by atomic mass is 32.2. The van der Waals surface area contributed by atoms with E-state index in [-0.39, 0.29) is 10.9 Å². The third-order valence-corrected chi connectivity index (χ3v) is 6.07. The Hall–Kier alpha value is -2.44. The van der Waals surface area contributed by atoms with E-state index in [1.807, 2.05) is 30.5 Å². The smallest absolute Gasteiger partial charge is 0.241 e. The second-order valence-electron chi connectivity index (χ2n) is 6.21. The fourth-order valence-electron chi connectivity index (χ4n) is 3.33. The molecule has 2 aromatic carbocycles. The third-order valence-electron chi connectivity index (χ3n) is 4.58. The summed E-state index contributed by atoms with van der Waals surface area (Å²) in [5.74, 6) is 0. The summed E-state index contributed by atoms with van der Waals surface area (Å²) in [4.78, 5) is 0.270. The van der Waals surface area contributed by atoms with Crippen molar-refractivity contribution in [3.8, 4) is 5.69 Å². The number of rotatable bonds is 4. The molecule has 4 rings (SSSR count). The molecule has 1 heterocycles. The highest BCUT2D eigenvalue weighted by molar-refractivity contribution is 7.89. The summed E-state index contributed by atoms with van der Waals surface area (Å²) < 4.78 is 30.1. The second kappa shape index (κ2) is 6.46. The molecule has 0 spiro atoms. The van der Waals surface area contributed by atoms with E-state index in [1.54, 1.807) is 35.1 Å². The van der Waals surface area contributed by atoms with Gasteiger partial charge in [-0.25, -0.2) is 17.8 Å². The van der Waals surface area contributed by atoms with Crippen molar-refractivity contribution in [3.63, 3.8) is 0 Å². The predicted octanol–water partition coefficient (Wildman–Crippen LogP) is 3.23. The first-order valence-electron chi connectivity index (χ1n) is 8.34. The molecule has 1 aliphatic carbocycles. The second-order valence-corrected chi connectivity index (χ2v) is 7.92. The van der Waals surface area contributed by atoms with Gasteiger partial charge in [0.2, 0.25) is 10.0 Å². The lowest BCUT2D eigenvalue weighted by Crippen LogP contribution is -2.31. The number of nitrogens with zero attached hydrogens (tertiary/aromatic N) is 2. The molecule has 0 radical (unpaired) electrons. The first-order chi connectivity index (χ1) is 12.1. The van der Waals surface area contributed by atoms with Gasteiger partial charge in [-0.15, -0.1) is 0 Å². The molecule has 1 aliphatic rings. The van der Waals surface area contributed by atoms with Crippen molar-refractivity contribution in [1.29, 1.82) is 0 Å². The quantitative estimate of drug-likeness (QED) is 0.783. The van der Waals surface area contributed by atoms with Crippen molar-refractivity contribution in [2.75, 3.05) is 0 Å². The number of sulfonamides is 1. The van der Waals surface area contributed by atoms with Crippen LogP contribution in [0.3, 0.4) is 0 Å². The zero-order valence-corrected chi connectivity index (χ0v) is 14.5. The highest BCUT2D eigenvalue weighted by Gasteiger charge is 2.25. The van der Waals surface area contributed by atoms with Crippen LogP contribution in [0, 0.1) is 0 Å². The Labute approximate surface area is 147 Å². The van der Waals surface area contributed by atoms with Crippen molar-refractivity contribution in [1.82, 2.24) is 14.5 Å². The van der Waals surface area contributed by atoms with Gasteiger partial charge in [0.15, 0.2) is 0 Å². The van der Waals surface area contributed by atoms with Crippen LogP contribution in [0.1, 0.15) is 30.0 Å². The largest absolute Gasteiger partial charge is 0.241 e. The number of nitrogens with one attached hydrogen (secondary N) is 1. The molecular formula is C19H19N3O2S. The minimum Gasteiger partial charge on any atom is -0.241 e. The van der Waals surface area contributed by atoms with E-state index >= 15 is 0 Å². The average Bonchev–Trinajstić information content (AvgIpc) is 3.17. The van der Waals surface area contributed by atoms with Gasteiger partial charge in [-0.2, -0.15) is 5.10 Å². The summed E-state index contributed by atoms with van der Waals surface area (Å²) in [7, 11) is -3.57. The maximum Gasteiger partial charge on any atom is 0.241 e. The zero-order valence-electron chi connectivity index (χ0n) is 13.7. The first kappa shape index (κ1) is 16.1. The molecule has 0 saturated heterocycles. The Morgan fingerprint density at radius 3 is 2.60 bits per heavy atom. The van der Waals surface area contributed by atoms with Crippen molar-refractivity contribution in [2.24, 2.45) is 0 Å². The van der Waals surface area contributed by atoms with Gasteiger partial charge < -0.3 is 0 Å². The van der Waals surface area contributed by atoms with Gasteiger partial charge in [-0.05, 0) is 60.7 Å². The van der Waals surface area contributed by atoms with Gasteiger partial charge in [-0.1, -0.05) is 24.3 Å². The summed E-state index contributed by atoms with van der Waals surface area (Å²) in [5, 5.41) is 4.15. The number of aryl methyl sites for hydroxylation is 1. The van der Waals surface area contributed by atoms with E-state index in [0.29, 0.717) is 0 Å². The van der Waals surface area contributed by atoms with E-state index in [1.165, 1.54) is 5.56 Å². The average molecular weight is 353 g/mol. The SMILES string of the molecule is O=S(=O)(N[C@H]1CCCc2ccccc21)c1ccc(-n2cccn2)cc1. The Bertz CT molecular complexity index is 964. The topological polar surface area (TPSA) is 64.0 Å². The van der Waals surface area contributed by atoms with Crippen LogP contribution in [0.15, 0.2) is 71.9 Å². The highest BCUT2D eigenvalue weighted by Crippen LogP contribution is 2.30. The molecule has 0 bridgehead atoms. The molecule has 3 aromatic rings. The van der Waals surface area contributed by atoms with E-state index in [0.717, 1.165) is 30.5 Å². The van der Waals surface area contributed by atoms with Gasteiger partial charge in [0, 0.05) is 18.4 Å². The predicted molar refractivity (Wildman–Crippen MR) is 96.0 cm³/mol. The van der Waals surface area contributed by atoms with Crippen LogP contribution >= 0.6 is 0 Å². The lowest BCUT2D eigenvalue weighted by Gasteiger charge is -2.26. The maximum absolute atomic E-state index is 12.8. The van der Waals surface area contributed by atoms with Crippen molar-refractivity contribution in [3.05, 3.63) is 78.1 Å². The molecular weight excluding hydrogens is 334 g/mol. The summed E-state index contributed by atoms with van der Waals surface area (Å²) in [6.07, 6.45) is 6.32. The standard InChI is InChI=1S/C19H19N3O2S/c23-25(24,17-11-9-16(10-12-17)22-14-4-13-20-22)21-19-8-3-6-15-5-1-2-7-18(15)19/h1-2,4-5,7,9-14,19,21H,3,6,8H2/t19-/m0/s1. The fraction of sp³-hybridized carbons (Fsp3) is 0.211. The Morgan fingerprint density at radius 2 is 1.84 bits per heavy atom. The Kier molecular flexibility index (Phi) is 4.15. The molecule has 5 nitrogen and oxygen atoms in total. The summed E-state index contributed by atoms with van der Waals surface area (Å²) in [6.45, 7) is 0. The molecule has 1 atom stereocenters. The lowest BCUT2D eigenvalue weighted by atomic mass is 9.88. The van der Waals surface area contributed by atoms with Crippen LogP contribution in [0.4, 0.5) is 0 Å². The normalized spacial score (nSPS) is 17.2. The van der Waals surface area contributed by atoms with Gasteiger partial charge in [0.25, 0.3) is 0 Å². The molecule has 1 aromatic heterocycles. The maximum atomic E-state index is 12.8. The molecule has 1 N–H and O–H groups in total. The first-order valence-corrected chi connectivity index (χ1v) is 9.82. The summed E-state index contributed by atoms with van der Waals surface area (Å²) in [6, 6.07) is 16.5. The fourth-order valence-corrected chi connectivity index (χ4v) is 4.58. The van der Waals surface area contributed by atoms with E-state index < -0.39 is 10.0 Å². The summed E-state index contributed by atoms with van der Waals surface area (Å²) >= 11 is 0. The Morgan fingerprint density at radius 1 is 1.04 bits per heavy atom. The van der Waals surface area contributed by atoms with Crippen molar-refractivity contribution in [2.45, 2.75) is 30.2 Å². The van der Waals surface area contributed by atoms with E-state index in [2.05, 4.69) is 15.9 Å². The number of hydrogen-bond acceptors (Lipinski definition) is 3. The van der Waals surface area contributed by atoms with Crippen LogP contribution in [0.25, 0.3) is 5.69 Å². The van der Waals surface area contributed by atoms with Gasteiger partial charge >= 0.3 is 0 Å². The van der Waals surface area contributed by atoms with Gasteiger partial charge in [0.1, 0.15) is 0 Å². The van der Waals surface area contributed by atoms with Crippen LogP contribution in [0.5, 0.6) is 0 Å². The zero-order chi connectivity index (χ0) is 17.3. The summed E-state index contributed by atoms with van der Waals surface area (Å²) in [5.41, 5.74) is 3.15. The molecule has 0 aliphatic heterocycles. The number of fused-ring (bicyclic) bond motifs is 1.